The standard InChI is InChI=1S/C15H14BrClO2/c1-10-6-14(17)4-2-11(10)9-19-15-5-3-13(16)7-12(15)8-18/h2-7,18H,8-9H2,1H3. The number of hydrogen-bond acceptors (Lipinski definition) is 2. The van der Waals surface area contributed by atoms with Crippen LogP contribution in [0.15, 0.2) is 40.9 Å². The summed E-state index contributed by atoms with van der Waals surface area (Å²) < 4.78 is 6.69. The minimum absolute atomic E-state index is 0.0472. The SMILES string of the molecule is Cc1cc(Cl)ccc1COc1ccc(Br)cc1CO. The Labute approximate surface area is 126 Å². The van der Waals surface area contributed by atoms with Gasteiger partial charge in [-0.3, -0.25) is 0 Å². The summed E-state index contributed by atoms with van der Waals surface area (Å²) in [6.45, 7) is 2.41. The second-order valence-corrected chi connectivity index (χ2v) is 5.62. The fourth-order valence-corrected chi connectivity index (χ4v) is 2.42. The van der Waals surface area contributed by atoms with Gasteiger partial charge in [-0.2, -0.15) is 0 Å². The lowest BCUT2D eigenvalue weighted by Gasteiger charge is -2.12. The maximum absolute atomic E-state index is 9.31. The van der Waals surface area contributed by atoms with Gasteiger partial charge in [-0.25, -0.2) is 0 Å². The normalized spacial score (nSPS) is 10.5. The summed E-state index contributed by atoms with van der Waals surface area (Å²) >= 11 is 9.29. The van der Waals surface area contributed by atoms with Crippen LogP contribution in [0.5, 0.6) is 5.75 Å². The molecule has 1 N–H and O–H groups in total. The number of benzene rings is 2. The first kappa shape index (κ1) is 14.4. The van der Waals surface area contributed by atoms with Crippen LogP contribution >= 0.6 is 27.5 Å². The first-order chi connectivity index (χ1) is 9.10. The number of halogens is 2. The van der Waals surface area contributed by atoms with E-state index >= 15 is 0 Å². The molecule has 0 amide bonds. The highest BCUT2D eigenvalue weighted by Crippen LogP contribution is 2.25. The van der Waals surface area contributed by atoms with Crippen molar-refractivity contribution in [1.82, 2.24) is 0 Å². The molecule has 0 aliphatic heterocycles. The molecule has 4 heteroatoms. The first-order valence-corrected chi connectivity index (χ1v) is 7.04. The monoisotopic (exact) mass is 340 g/mol. The van der Waals surface area contributed by atoms with E-state index in [0.717, 1.165) is 26.2 Å². The molecule has 0 saturated heterocycles. The fourth-order valence-electron chi connectivity index (χ4n) is 1.79. The Hall–Kier alpha value is -1.03. The minimum Gasteiger partial charge on any atom is -0.489 e. The van der Waals surface area contributed by atoms with E-state index in [9.17, 15) is 5.11 Å². The molecule has 100 valence electrons. The molecule has 19 heavy (non-hydrogen) atoms. The molecule has 0 unspecified atom stereocenters. The molecule has 2 nitrogen and oxygen atoms in total. The summed E-state index contributed by atoms with van der Waals surface area (Å²) in [7, 11) is 0. The topological polar surface area (TPSA) is 29.5 Å². The van der Waals surface area contributed by atoms with Crippen LogP contribution in [-0.4, -0.2) is 5.11 Å². The van der Waals surface area contributed by atoms with Gasteiger partial charge in [-0.05, 0) is 48.4 Å². The van der Waals surface area contributed by atoms with Gasteiger partial charge in [0, 0.05) is 15.1 Å². The number of aryl methyl sites for hydroxylation is 1. The van der Waals surface area contributed by atoms with Crippen LogP contribution in [0.4, 0.5) is 0 Å². The molecule has 0 heterocycles. The first-order valence-electron chi connectivity index (χ1n) is 5.87. The largest absolute Gasteiger partial charge is 0.489 e. The zero-order chi connectivity index (χ0) is 13.8. The number of hydrogen-bond donors (Lipinski definition) is 1. The molecule has 2 aromatic carbocycles. The van der Waals surface area contributed by atoms with Gasteiger partial charge in [-0.15, -0.1) is 0 Å². The maximum Gasteiger partial charge on any atom is 0.125 e. The predicted octanol–water partition coefficient (Wildman–Crippen LogP) is 4.48. The molecule has 0 aliphatic rings. The van der Waals surface area contributed by atoms with E-state index in [0.29, 0.717) is 12.4 Å². The summed E-state index contributed by atoms with van der Waals surface area (Å²) in [5.41, 5.74) is 2.94. The third-order valence-electron chi connectivity index (χ3n) is 2.88. The number of aliphatic hydroxyl groups excluding tert-OH is 1. The Bertz CT molecular complexity index is 584. The van der Waals surface area contributed by atoms with Gasteiger partial charge in [0.25, 0.3) is 0 Å². The summed E-state index contributed by atoms with van der Waals surface area (Å²) in [5, 5.41) is 10.0. The molecule has 2 aromatic rings. The van der Waals surface area contributed by atoms with Crippen LogP contribution in [0.3, 0.4) is 0 Å². The average Bonchev–Trinajstić information content (AvgIpc) is 2.39. The van der Waals surface area contributed by atoms with Gasteiger partial charge in [0.15, 0.2) is 0 Å². The smallest absolute Gasteiger partial charge is 0.125 e. The van der Waals surface area contributed by atoms with Gasteiger partial charge < -0.3 is 9.84 Å². The molecule has 0 atom stereocenters. The third kappa shape index (κ3) is 3.72. The molecular weight excluding hydrogens is 328 g/mol. The summed E-state index contributed by atoms with van der Waals surface area (Å²) in [6, 6.07) is 11.3. The van der Waals surface area contributed by atoms with Crippen molar-refractivity contribution >= 4 is 27.5 Å². The highest BCUT2D eigenvalue weighted by Gasteiger charge is 2.05. The number of ether oxygens (including phenoxy) is 1. The molecule has 0 saturated carbocycles. The van der Waals surface area contributed by atoms with E-state index in [-0.39, 0.29) is 6.61 Å². The summed E-state index contributed by atoms with van der Waals surface area (Å²) in [4.78, 5) is 0. The molecule has 0 fully saturated rings. The van der Waals surface area contributed by atoms with E-state index in [1.54, 1.807) is 0 Å². The Morgan fingerprint density at radius 2 is 1.95 bits per heavy atom. The molecule has 0 aromatic heterocycles. The van der Waals surface area contributed by atoms with Gasteiger partial charge >= 0.3 is 0 Å². The Kier molecular flexibility index (Phi) is 4.86. The Morgan fingerprint density at radius 3 is 2.63 bits per heavy atom. The quantitative estimate of drug-likeness (QED) is 0.888. The zero-order valence-electron chi connectivity index (χ0n) is 10.5. The van der Waals surface area contributed by atoms with Gasteiger partial charge in [0.1, 0.15) is 12.4 Å². The van der Waals surface area contributed by atoms with Crippen molar-refractivity contribution in [1.29, 1.82) is 0 Å². The predicted molar refractivity (Wildman–Crippen MR) is 80.6 cm³/mol. The minimum atomic E-state index is -0.0472. The molecule has 0 aliphatic carbocycles. The van der Waals surface area contributed by atoms with E-state index in [1.807, 2.05) is 43.3 Å². The van der Waals surface area contributed by atoms with Crippen molar-refractivity contribution in [2.45, 2.75) is 20.1 Å². The maximum atomic E-state index is 9.31. The molecule has 0 radical (unpaired) electrons. The zero-order valence-corrected chi connectivity index (χ0v) is 12.8. The fraction of sp³-hybridized carbons (Fsp3) is 0.200. The molecule has 2 rings (SSSR count). The van der Waals surface area contributed by atoms with E-state index in [4.69, 9.17) is 16.3 Å². The van der Waals surface area contributed by atoms with E-state index in [2.05, 4.69) is 15.9 Å². The van der Waals surface area contributed by atoms with Crippen LogP contribution in [0.2, 0.25) is 5.02 Å². The van der Waals surface area contributed by atoms with Crippen molar-refractivity contribution in [3.63, 3.8) is 0 Å². The molecule has 0 spiro atoms. The van der Waals surface area contributed by atoms with Crippen LogP contribution in [0.25, 0.3) is 0 Å². The number of rotatable bonds is 4. The van der Waals surface area contributed by atoms with Crippen molar-refractivity contribution in [2.75, 3.05) is 0 Å². The average molecular weight is 342 g/mol. The van der Waals surface area contributed by atoms with Crippen LogP contribution < -0.4 is 4.74 Å². The van der Waals surface area contributed by atoms with Gasteiger partial charge in [0.05, 0.1) is 6.61 Å². The third-order valence-corrected chi connectivity index (χ3v) is 3.61. The van der Waals surface area contributed by atoms with Crippen molar-refractivity contribution < 1.29 is 9.84 Å². The lowest BCUT2D eigenvalue weighted by atomic mass is 10.1. The van der Waals surface area contributed by atoms with Gasteiger partial charge in [0.2, 0.25) is 0 Å². The number of aliphatic hydroxyl groups is 1. The van der Waals surface area contributed by atoms with Crippen LogP contribution in [-0.2, 0) is 13.2 Å². The molecule has 0 bridgehead atoms. The molecular formula is C15H14BrClO2. The van der Waals surface area contributed by atoms with Crippen molar-refractivity contribution in [2.24, 2.45) is 0 Å². The highest BCUT2D eigenvalue weighted by atomic mass is 79.9. The summed E-state index contributed by atoms with van der Waals surface area (Å²) in [6.07, 6.45) is 0. The van der Waals surface area contributed by atoms with E-state index in [1.165, 1.54) is 0 Å². The van der Waals surface area contributed by atoms with E-state index < -0.39 is 0 Å². The lowest BCUT2D eigenvalue weighted by molar-refractivity contribution is 0.258. The Balaban J connectivity index is 2.14. The lowest BCUT2D eigenvalue weighted by Crippen LogP contribution is -2.00. The van der Waals surface area contributed by atoms with Crippen LogP contribution in [0, 0.1) is 6.92 Å². The van der Waals surface area contributed by atoms with Crippen molar-refractivity contribution in [3.05, 3.63) is 62.6 Å². The second kappa shape index (κ2) is 6.42. The Morgan fingerprint density at radius 1 is 1.16 bits per heavy atom. The van der Waals surface area contributed by atoms with Crippen LogP contribution in [0.1, 0.15) is 16.7 Å². The second-order valence-electron chi connectivity index (χ2n) is 4.27. The van der Waals surface area contributed by atoms with Gasteiger partial charge in [-0.1, -0.05) is 33.6 Å². The highest BCUT2D eigenvalue weighted by molar-refractivity contribution is 9.10. The summed E-state index contributed by atoms with van der Waals surface area (Å²) in [5.74, 6) is 0.694. The van der Waals surface area contributed by atoms with Crippen molar-refractivity contribution in [3.8, 4) is 5.75 Å².